The lowest BCUT2D eigenvalue weighted by Crippen LogP contribution is -2.26. The minimum atomic E-state index is -0.883. The number of rotatable bonds is 2. The summed E-state index contributed by atoms with van der Waals surface area (Å²) in [5, 5.41) is 5.74. The van der Waals surface area contributed by atoms with Gasteiger partial charge in [0.2, 0.25) is 0 Å². The smallest absolute Gasteiger partial charge is 0.333 e. The van der Waals surface area contributed by atoms with Crippen LogP contribution in [0.1, 0.15) is 0 Å². The number of primary amides is 1. The zero-order chi connectivity index (χ0) is 9.97. The van der Waals surface area contributed by atoms with Gasteiger partial charge in [0.25, 0.3) is 0 Å². The maximum absolute atomic E-state index is 10.5. The zero-order valence-corrected chi connectivity index (χ0v) is 7.90. The van der Waals surface area contributed by atoms with Gasteiger partial charge in [-0.1, -0.05) is 10.9 Å². The van der Waals surface area contributed by atoms with Crippen LogP contribution in [0.5, 0.6) is 0 Å². The molecule has 2 heterocycles. The van der Waals surface area contributed by atoms with Crippen LogP contribution in [0.2, 0.25) is 0 Å². The molecule has 0 aliphatic rings. The van der Waals surface area contributed by atoms with Crippen molar-refractivity contribution < 1.29 is 9.63 Å². The summed E-state index contributed by atoms with van der Waals surface area (Å²) in [6.07, 6.45) is 0.657. The van der Waals surface area contributed by atoms with Crippen molar-refractivity contribution >= 4 is 17.4 Å². The molecule has 0 saturated heterocycles. The van der Waals surface area contributed by atoms with Crippen molar-refractivity contribution in [1.29, 1.82) is 0 Å². The van der Waals surface area contributed by atoms with Crippen molar-refractivity contribution in [2.24, 2.45) is 5.73 Å². The number of thiophene rings is 1. The average molecular weight is 209 g/mol. The minimum Gasteiger partial charge on any atom is -0.333 e. The van der Waals surface area contributed by atoms with Crippen molar-refractivity contribution in [3.8, 4) is 10.6 Å². The molecule has 0 saturated carbocycles. The average Bonchev–Trinajstić information content (AvgIpc) is 2.70. The van der Waals surface area contributed by atoms with E-state index in [-0.39, 0.29) is 0 Å². The summed E-state index contributed by atoms with van der Waals surface area (Å²) >= 11 is 1.53. The third kappa shape index (κ3) is 1.60. The number of carbonyl (C=O) groups is 1. The molecule has 0 aliphatic heterocycles. The molecule has 0 aromatic carbocycles. The Kier molecular flexibility index (Phi) is 2.19. The van der Waals surface area contributed by atoms with E-state index in [0.29, 0.717) is 5.69 Å². The van der Waals surface area contributed by atoms with E-state index in [9.17, 15) is 4.79 Å². The summed E-state index contributed by atoms with van der Waals surface area (Å²) in [6.45, 7) is 0. The van der Waals surface area contributed by atoms with E-state index in [1.165, 1.54) is 17.5 Å². The lowest BCUT2D eigenvalue weighted by Gasteiger charge is -2.02. The van der Waals surface area contributed by atoms with Gasteiger partial charge in [0.15, 0.2) is 0 Å². The van der Waals surface area contributed by atoms with E-state index in [0.717, 1.165) is 9.72 Å². The molecule has 0 spiro atoms. The lowest BCUT2D eigenvalue weighted by molar-refractivity contribution is 0.128. The molecule has 2 rings (SSSR count). The van der Waals surface area contributed by atoms with Crippen molar-refractivity contribution in [2.45, 2.75) is 0 Å². The van der Waals surface area contributed by atoms with Gasteiger partial charge in [0, 0.05) is 0 Å². The Morgan fingerprint density at radius 1 is 1.57 bits per heavy atom. The van der Waals surface area contributed by atoms with E-state index in [1.807, 2.05) is 17.5 Å². The van der Waals surface area contributed by atoms with Gasteiger partial charge in [-0.3, -0.25) is 4.84 Å². The highest BCUT2D eigenvalue weighted by Gasteiger charge is 2.08. The number of aromatic nitrogens is 2. The molecule has 0 unspecified atom stereocenters. The van der Waals surface area contributed by atoms with Crippen LogP contribution in [0, 0.1) is 0 Å². The molecule has 0 fully saturated rings. The highest BCUT2D eigenvalue weighted by atomic mass is 32.1. The first-order valence-electron chi connectivity index (χ1n) is 3.83. The number of nitrogens with two attached hydrogens (primary N) is 1. The van der Waals surface area contributed by atoms with Gasteiger partial charge in [-0.2, -0.15) is 0 Å². The summed E-state index contributed by atoms with van der Waals surface area (Å²) in [5.74, 6) is 0. The predicted octanol–water partition coefficient (Wildman–Crippen LogP) is 1.12. The van der Waals surface area contributed by atoms with Gasteiger partial charge in [-0.15, -0.1) is 16.4 Å². The van der Waals surface area contributed by atoms with Crippen LogP contribution in [0.15, 0.2) is 29.8 Å². The van der Waals surface area contributed by atoms with Crippen molar-refractivity contribution in [2.75, 3.05) is 0 Å². The number of carbonyl (C=O) groups excluding carboxylic acids is 1. The van der Waals surface area contributed by atoms with Gasteiger partial charge in [0.1, 0.15) is 5.69 Å². The van der Waals surface area contributed by atoms with Crippen molar-refractivity contribution in [3.63, 3.8) is 0 Å². The molecule has 1 amide bonds. The topological polar surface area (TPSA) is 70.1 Å². The molecular weight excluding hydrogens is 202 g/mol. The largest absolute Gasteiger partial charge is 0.430 e. The summed E-state index contributed by atoms with van der Waals surface area (Å²) in [4.78, 5) is 17.3. The first-order valence-corrected chi connectivity index (χ1v) is 4.71. The number of hydrogen-bond acceptors (Lipinski definition) is 4. The molecular formula is C8H7N3O2S. The van der Waals surface area contributed by atoms with E-state index >= 15 is 0 Å². The number of nitrogens with zero attached hydrogens (tertiary/aromatic N) is 2. The standard InChI is InChI=1S/C8H7N3O2S/c9-8(12)13-11-6(3-4-10-11)7-2-1-5-14-7/h1-5H,(H2,9,12). The molecule has 5 nitrogen and oxygen atoms in total. The van der Waals surface area contributed by atoms with E-state index in [4.69, 9.17) is 5.73 Å². The highest BCUT2D eigenvalue weighted by molar-refractivity contribution is 7.13. The van der Waals surface area contributed by atoms with Crippen LogP contribution >= 0.6 is 11.3 Å². The second-order valence-electron chi connectivity index (χ2n) is 2.48. The molecule has 2 aromatic rings. The second kappa shape index (κ2) is 3.51. The summed E-state index contributed by atoms with van der Waals surface area (Å²) in [7, 11) is 0. The molecule has 0 aliphatic carbocycles. The monoisotopic (exact) mass is 209 g/mol. The number of hydrogen-bond donors (Lipinski definition) is 1. The maximum atomic E-state index is 10.5. The van der Waals surface area contributed by atoms with Crippen LogP contribution in [0.3, 0.4) is 0 Å². The van der Waals surface area contributed by atoms with Crippen molar-refractivity contribution in [1.82, 2.24) is 9.94 Å². The van der Waals surface area contributed by atoms with Gasteiger partial charge in [0.05, 0.1) is 11.1 Å². The quantitative estimate of drug-likeness (QED) is 0.805. The fourth-order valence-electron chi connectivity index (χ4n) is 1.05. The summed E-state index contributed by atoms with van der Waals surface area (Å²) < 4.78 is 0. The van der Waals surface area contributed by atoms with Crippen LogP contribution in [0.25, 0.3) is 10.6 Å². The predicted molar refractivity (Wildman–Crippen MR) is 51.7 cm³/mol. The third-order valence-electron chi connectivity index (χ3n) is 1.56. The van der Waals surface area contributed by atoms with E-state index in [2.05, 4.69) is 9.94 Å². The molecule has 0 bridgehead atoms. The Hall–Kier alpha value is -1.82. The van der Waals surface area contributed by atoms with Crippen LogP contribution in [-0.2, 0) is 0 Å². The number of amides is 1. The van der Waals surface area contributed by atoms with Gasteiger partial charge in [-0.05, 0) is 17.5 Å². The Balaban J connectivity index is 2.35. The van der Waals surface area contributed by atoms with Gasteiger partial charge >= 0.3 is 6.09 Å². The zero-order valence-electron chi connectivity index (χ0n) is 7.08. The summed E-state index contributed by atoms with van der Waals surface area (Å²) in [6, 6.07) is 5.55. The SMILES string of the molecule is NC(=O)On1nccc1-c1cccs1. The molecule has 0 atom stereocenters. The van der Waals surface area contributed by atoms with Gasteiger partial charge in [-0.25, -0.2) is 4.79 Å². The maximum Gasteiger partial charge on any atom is 0.430 e. The molecule has 72 valence electrons. The van der Waals surface area contributed by atoms with E-state index < -0.39 is 6.09 Å². The molecule has 2 N–H and O–H groups in total. The van der Waals surface area contributed by atoms with Crippen LogP contribution in [0.4, 0.5) is 4.79 Å². The Morgan fingerprint density at radius 2 is 2.43 bits per heavy atom. The van der Waals surface area contributed by atoms with Crippen molar-refractivity contribution in [3.05, 3.63) is 29.8 Å². The van der Waals surface area contributed by atoms with Crippen LogP contribution in [-0.4, -0.2) is 16.0 Å². The van der Waals surface area contributed by atoms with Gasteiger partial charge < -0.3 is 5.73 Å². The Labute approximate surface area is 83.7 Å². The fourth-order valence-corrected chi connectivity index (χ4v) is 1.78. The first-order chi connectivity index (χ1) is 6.77. The normalized spacial score (nSPS) is 10.0. The highest BCUT2D eigenvalue weighted by Crippen LogP contribution is 2.23. The van der Waals surface area contributed by atoms with Crippen LogP contribution < -0.4 is 10.6 Å². The van der Waals surface area contributed by atoms with E-state index in [1.54, 1.807) is 6.07 Å². The first kappa shape index (κ1) is 8.76. The molecule has 14 heavy (non-hydrogen) atoms. The minimum absolute atomic E-state index is 0.707. The molecule has 6 heteroatoms. The fraction of sp³-hybridized carbons (Fsp3) is 0. The Morgan fingerprint density at radius 3 is 3.07 bits per heavy atom. The molecule has 2 aromatic heterocycles. The third-order valence-corrected chi connectivity index (χ3v) is 2.45. The summed E-state index contributed by atoms with van der Waals surface area (Å²) in [5.41, 5.74) is 5.59. The lowest BCUT2D eigenvalue weighted by atomic mass is 10.3. The molecule has 0 radical (unpaired) electrons. The second-order valence-corrected chi connectivity index (χ2v) is 3.42. The Bertz CT molecular complexity index is 435.